The molecule has 1 atom stereocenters. The third kappa shape index (κ3) is 3.73. The van der Waals surface area contributed by atoms with Crippen LogP contribution in [-0.2, 0) is 14.6 Å². The monoisotopic (exact) mass is 331 g/mol. The van der Waals surface area contributed by atoms with Gasteiger partial charge in [0.25, 0.3) is 0 Å². The van der Waals surface area contributed by atoms with Crippen LogP contribution in [0.2, 0.25) is 0 Å². The quantitative estimate of drug-likeness (QED) is 0.857. The van der Waals surface area contributed by atoms with Gasteiger partial charge in [-0.05, 0) is 31.6 Å². The first-order valence-electron chi connectivity index (χ1n) is 7.28. The van der Waals surface area contributed by atoms with Crippen molar-refractivity contribution in [1.29, 1.82) is 0 Å². The van der Waals surface area contributed by atoms with Crippen molar-refractivity contribution in [1.82, 2.24) is 15.3 Å². The number of nitrogens with zero attached hydrogens (tertiary/aromatic N) is 2. The first-order valence-corrected chi connectivity index (χ1v) is 9.10. The second-order valence-electron chi connectivity index (χ2n) is 6.01. The van der Waals surface area contributed by atoms with Gasteiger partial charge in [-0.2, -0.15) is 0 Å². The van der Waals surface area contributed by atoms with Crippen molar-refractivity contribution in [2.75, 3.05) is 11.5 Å². The van der Waals surface area contributed by atoms with Gasteiger partial charge in [0.1, 0.15) is 0 Å². The number of nitrogens with one attached hydrogen (secondary N) is 1. The van der Waals surface area contributed by atoms with Crippen LogP contribution in [-0.4, -0.2) is 41.3 Å². The fourth-order valence-corrected chi connectivity index (χ4v) is 4.75. The minimum atomic E-state index is -3.05. The molecule has 1 aliphatic rings. The van der Waals surface area contributed by atoms with Crippen LogP contribution in [0.25, 0.3) is 17.1 Å². The van der Waals surface area contributed by atoms with E-state index >= 15 is 0 Å². The predicted octanol–water partition coefficient (Wildman–Crippen LogP) is 1.34. The summed E-state index contributed by atoms with van der Waals surface area (Å²) in [6.07, 6.45) is 4.95. The molecule has 1 saturated heterocycles. The first kappa shape index (κ1) is 15.6. The van der Waals surface area contributed by atoms with E-state index in [1.54, 1.807) is 19.2 Å². The average molecular weight is 331 g/mol. The van der Waals surface area contributed by atoms with E-state index in [0.29, 0.717) is 12.1 Å². The van der Waals surface area contributed by atoms with E-state index in [4.69, 9.17) is 0 Å². The highest BCUT2D eigenvalue weighted by Gasteiger charge is 2.39. The molecule has 1 fully saturated rings. The third-order valence-corrected chi connectivity index (χ3v) is 5.70. The van der Waals surface area contributed by atoms with E-state index in [2.05, 4.69) is 15.3 Å². The fraction of sp³-hybridized carbons (Fsp3) is 0.312. The van der Waals surface area contributed by atoms with Gasteiger partial charge in [-0.1, -0.05) is 12.1 Å². The Morgan fingerprint density at radius 3 is 2.74 bits per heavy atom. The zero-order valence-corrected chi connectivity index (χ0v) is 13.5. The molecule has 0 aliphatic carbocycles. The first-order chi connectivity index (χ1) is 10.9. The molecule has 0 bridgehead atoms. The van der Waals surface area contributed by atoms with E-state index in [1.807, 2.05) is 24.3 Å². The molecule has 1 aromatic heterocycles. The molecule has 1 N–H and O–H groups in total. The van der Waals surface area contributed by atoms with Crippen LogP contribution in [0.15, 0.2) is 36.5 Å². The standard InChI is InChI=1S/C16H17N3O3S/c1-16(8-9-23(21,22)11-16)19-15(20)7-6-12-10-17-13-4-2-3-5-14(13)18-12/h2-7,10H,8-9,11H2,1H3,(H,19,20). The highest BCUT2D eigenvalue weighted by atomic mass is 32.2. The zero-order valence-electron chi connectivity index (χ0n) is 12.7. The molecule has 23 heavy (non-hydrogen) atoms. The molecule has 0 radical (unpaired) electrons. The van der Waals surface area contributed by atoms with Gasteiger partial charge in [0.2, 0.25) is 5.91 Å². The number of rotatable bonds is 3. The Kier molecular flexibility index (Phi) is 3.89. The summed E-state index contributed by atoms with van der Waals surface area (Å²) >= 11 is 0. The Morgan fingerprint density at radius 2 is 2.04 bits per heavy atom. The number of hydrogen-bond donors (Lipinski definition) is 1. The lowest BCUT2D eigenvalue weighted by Crippen LogP contribution is -2.46. The maximum atomic E-state index is 12.0. The van der Waals surface area contributed by atoms with Crippen molar-refractivity contribution >= 4 is 32.9 Å². The van der Waals surface area contributed by atoms with Crippen molar-refractivity contribution < 1.29 is 13.2 Å². The number of sulfone groups is 1. The normalized spacial score (nSPS) is 23.3. The second kappa shape index (κ2) is 5.73. The number of para-hydroxylation sites is 2. The number of amides is 1. The van der Waals surface area contributed by atoms with Gasteiger partial charge in [0, 0.05) is 6.08 Å². The van der Waals surface area contributed by atoms with Gasteiger partial charge in [-0.15, -0.1) is 0 Å². The molecular weight excluding hydrogens is 314 g/mol. The number of hydrogen-bond acceptors (Lipinski definition) is 5. The molecule has 3 rings (SSSR count). The summed E-state index contributed by atoms with van der Waals surface area (Å²) in [6.45, 7) is 1.75. The van der Waals surface area contributed by atoms with E-state index in [9.17, 15) is 13.2 Å². The highest BCUT2D eigenvalue weighted by Crippen LogP contribution is 2.22. The van der Waals surface area contributed by atoms with E-state index in [0.717, 1.165) is 11.0 Å². The third-order valence-electron chi connectivity index (χ3n) is 3.80. The molecule has 2 aromatic rings. The Morgan fingerprint density at radius 1 is 1.30 bits per heavy atom. The summed E-state index contributed by atoms with van der Waals surface area (Å²) in [6, 6.07) is 7.48. The topological polar surface area (TPSA) is 89.0 Å². The average Bonchev–Trinajstić information content (AvgIpc) is 2.78. The maximum Gasteiger partial charge on any atom is 0.244 e. The van der Waals surface area contributed by atoms with Crippen molar-refractivity contribution in [2.24, 2.45) is 0 Å². The molecular formula is C16H17N3O3S. The van der Waals surface area contributed by atoms with Gasteiger partial charge in [-0.3, -0.25) is 9.78 Å². The Bertz CT molecular complexity index is 892. The highest BCUT2D eigenvalue weighted by molar-refractivity contribution is 7.91. The van der Waals surface area contributed by atoms with Crippen molar-refractivity contribution in [3.05, 3.63) is 42.2 Å². The fourth-order valence-electron chi connectivity index (χ4n) is 2.66. The predicted molar refractivity (Wildman–Crippen MR) is 88.4 cm³/mol. The Balaban J connectivity index is 1.70. The minimum Gasteiger partial charge on any atom is -0.346 e. The van der Waals surface area contributed by atoms with Crippen LogP contribution in [0, 0.1) is 0 Å². The molecule has 2 heterocycles. The van der Waals surface area contributed by atoms with E-state index in [1.165, 1.54) is 6.08 Å². The summed E-state index contributed by atoms with van der Waals surface area (Å²) < 4.78 is 23.1. The number of fused-ring (bicyclic) bond motifs is 1. The van der Waals surface area contributed by atoms with Crippen LogP contribution in [0.1, 0.15) is 19.0 Å². The summed E-state index contributed by atoms with van der Waals surface area (Å²) in [7, 11) is -3.05. The lowest BCUT2D eigenvalue weighted by molar-refractivity contribution is -0.117. The smallest absolute Gasteiger partial charge is 0.244 e. The van der Waals surface area contributed by atoms with Gasteiger partial charge in [0.05, 0.1) is 40.0 Å². The summed E-state index contributed by atoms with van der Waals surface area (Å²) in [4.78, 5) is 20.7. The number of carbonyl (C=O) groups excluding carboxylic acids is 1. The zero-order chi connectivity index (χ0) is 16.5. The van der Waals surface area contributed by atoms with Crippen molar-refractivity contribution in [2.45, 2.75) is 18.9 Å². The number of aromatic nitrogens is 2. The van der Waals surface area contributed by atoms with Gasteiger partial charge in [0.15, 0.2) is 9.84 Å². The molecule has 7 heteroatoms. The van der Waals surface area contributed by atoms with Crippen LogP contribution in [0.4, 0.5) is 0 Å². The van der Waals surface area contributed by atoms with Gasteiger partial charge >= 0.3 is 0 Å². The van der Waals surface area contributed by atoms with Crippen LogP contribution < -0.4 is 5.32 Å². The van der Waals surface area contributed by atoms with Gasteiger partial charge in [-0.25, -0.2) is 13.4 Å². The summed E-state index contributed by atoms with van der Waals surface area (Å²) in [5.41, 5.74) is 1.42. The maximum absolute atomic E-state index is 12.0. The van der Waals surface area contributed by atoms with Gasteiger partial charge < -0.3 is 5.32 Å². The molecule has 1 aromatic carbocycles. The molecule has 1 amide bonds. The molecule has 120 valence electrons. The van der Waals surface area contributed by atoms with Crippen LogP contribution >= 0.6 is 0 Å². The SMILES string of the molecule is CC1(NC(=O)C=Cc2cnc3ccccc3n2)CCS(=O)(=O)C1. The molecule has 0 saturated carbocycles. The summed E-state index contributed by atoms with van der Waals surface area (Å²) in [5.74, 6) is -0.238. The lowest BCUT2D eigenvalue weighted by atomic mass is 10.0. The number of carbonyl (C=O) groups is 1. The summed E-state index contributed by atoms with van der Waals surface area (Å²) in [5, 5.41) is 2.77. The van der Waals surface area contributed by atoms with E-state index in [-0.39, 0.29) is 17.4 Å². The molecule has 0 spiro atoms. The Labute approximate surface area is 134 Å². The second-order valence-corrected chi connectivity index (χ2v) is 8.19. The van der Waals surface area contributed by atoms with Crippen molar-refractivity contribution in [3.63, 3.8) is 0 Å². The number of benzene rings is 1. The van der Waals surface area contributed by atoms with Crippen LogP contribution in [0.3, 0.4) is 0 Å². The molecule has 1 aliphatic heterocycles. The van der Waals surface area contributed by atoms with Crippen LogP contribution in [0.5, 0.6) is 0 Å². The van der Waals surface area contributed by atoms with E-state index < -0.39 is 15.4 Å². The minimum absolute atomic E-state index is 0.0185. The molecule has 1 unspecified atom stereocenters. The largest absolute Gasteiger partial charge is 0.346 e. The van der Waals surface area contributed by atoms with Crippen molar-refractivity contribution in [3.8, 4) is 0 Å². The molecule has 6 nitrogen and oxygen atoms in total. The Hall–Kier alpha value is -2.28. The lowest BCUT2D eigenvalue weighted by Gasteiger charge is -2.22.